The van der Waals surface area contributed by atoms with Crippen molar-refractivity contribution in [3.8, 4) is 5.75 Å². The van der Waals surface area contributed by atoms with E-state index in [1.807, 2.05) is 0 Å². The smallest absolute Gasteiger partial charge is 0.229 e. The van der Waals surface area contributed by atoms with Gasteiger partial charge in [-0.25, -0.2) is 4.39 Å². The molecular weight excluding hydrogens is 309 g/mol. The van der Waals surface area contributed by atoms with Crippen LogP contribution < -0.4 is 10.5 Å². The Kier molecular flexibility index (Phi) is 5.74. The molecule has 1 aliphatic rings. The zero-order chi connectivity index (χ0) is 14.7. The van der Waals surface area contributed by atoms with Crippen LogP contribution in [0.5, 0.6) is 5.75 Å². The monoisotopic (exact) mass is 327 g/mol. The fraction of sp³-hybridized carbons (Fsp3) is 0.467. The molecule has 2 atom stereocenters. The van der Waals surface area contributed by atoms with Crippen molar-refractivity contribution in [3.63, 3.8) is 0 Å². The van der Waals surface area contributed by atoms with Gasteiger partial charge in [0.1, 0.15) is 0 Å². The highest BCUT2D eigenvalue weighted by Crippen LogP contribution is 2.31. The zero-order valence-electron chi connectivity index (χ0n) is 12.1. The van der Waals surface area contributed by atoms with E-state index in [0.29, 0.717) is 11.7 Å². The average molecular weight is 328 g/mol. The molecule has 5 nitrogen and oxygen atoms in total. The van der Waals surface area contributed by atoms with E-state index in [1.165, 1.54) is 6.07 Å². The van der Waals surface area contributed by atoms with Crippen molar-refractivity contribution < 1.29 is 13.7 Å². The summed E-state index contributed by atoms with van der Waals surface area (Å²) < 4.78 is 24.1. The molecule has 1 aliphatic carbocycles. The van der Waals surface area contributed by atoms with Gasteiger partial charge in [0, 0.05) is 12.0 Å². The summed E-state index contributed by atoms with van der Waals surface area (Å²) in [5.74, 6) is 1.04. The predicted octanol–water partition coefficient (Wildman–Crippen LogP) is 3.19. The first-order chi connectivity index (χ1) is 10.2. The van der Waals surface area contributed by atoms with Crippen LogP contribution in [0.25, 0.3) is 0 Å². The number of hydrogen-bond donors (Lipinski definition) is 1. The number of benzene rings is 1. The Morgan fingerprint density at radius 2 is 2.14 bits per heavy atom. The Labute approximate surface area is 134 Å². The summed E-state index contributed by atoms with van der Waals surface area (Å²) in [4.78, 5) is 4.33. The van der Waals surface area contributed by atoms with Gasteiger partial charge in [-0.2, -0.15) is 4.98 Å². The molecule has 0 spiro atoms. The van der Waals surface area contributed by atoms with E-state index in [9.17, 15) is 4.39 Å². The summed E-state index contributed by atoms with van der Waals surface area (Å²) in [6, 6.07) is 6.44. The third-order valence-corrected chi connectivity index (χ3v) is 3.74. The zero-order valence-corrected chi connectivity index (χ0v) is 12.9. The molecule has 120 valence electrons. The first-order valence-electron chi connectivity index (χ1n) is 7.18. The summed E-state index contributed by atoms with van der Waals surface area (Å²) in [7, 11) is 0. The van der Waals surface area contributed by atoms with Crippen LogP contribution in [-0.4, -0.2) is 16.2 Å². The lowest BCUT2D eigenvalue weighted by molar-refractivity contribution is 0.268. The molecular formula is C15H19ClFN3O2. The average Bonchev–Trinajstić information content (AvgIpc) is 2.95. The molecule has 3 rings (SSSR count). The molecule has 7 heteroatoms. The van der Waals surface area contributed by atoms with E-state index in [4.69, 9.17) is 15.0 Å². The second kappa shape index (κ2) is 7.56. The number of ether oxygens (including phenoxy) is 1. The number of nitrogens with two attached hydrogens (primary N) is 1. The largest absolute Gasteiger partial charge is 0.482 e. The van der Waals surface area contributed by atoms with Gasteiger partial charge < -0.3 is 15.0 Å². The van der Waals surface area contributed by atoms with Crippen LogP contribution in [0.15, 0.2) is 28.8 Å². The first-order valence-corrected chi connectivity index (χ1v) is 7.18. The molecule has 1 heterocycles. The van der Waals surface area contributed by atoms with Gasteiger partial charge in [-0.15, -0.1) is 12.4 Å². The summed E-state index contributed by atoms with van der Waals surface area (Å²) in [6.07, 6.45) is 4.02. The van der Waals surface area contributed by atoms with Crippen molar-refractivity contribution >= 4 is 12.4 Å². The Balaban J connectivity index is 0.00000176. The van der Waals surface area contributed by atoms with E-state index in [-0.39, 0.29) is 36.7 Å². The van der Waals surface area contributed by atoms with Gasteiger partial charge in [0.25, 0.3) is 0 Å². The highest BCUT2D eigenvalue weighted by Gasteiger charge is 2.25. The van der Waals surface area contributed by atoms with Crippen molar-refractivity contribution in [1.29, 1.82) is 0 Å². The lowest BCUT2D eigenvalue weighted by Crippen LogP contribution is -2.26. The minimum atomic E-state index is -0.403. The second-order valence-electron chi connectivity index (χ2n) is 5.39. The van der Waals surface area contributed by atoms with Crippen molar-refractivity contribution in [3.05, 3.63) is 41.8 Å². The third-order valence-electron chi connectivity index (χ3n) is 3.74. The molecule has 1 saturated carbocycles. The van der Waals surface area contributed by atoms with Crippen LogP contribution in [0.1, 0.15) is 43.3 Å². The Bertz CT molecular complexity index is 608. The highest BCUT2D eigenvalue weighted by atomic mass is 35.5. The SMILES string of the molecule is Cl.NC1CCCC(c2nc(COc3ccccc3F)no2)C1. The lowest BCUT2D eigenvalue weighted by atomic mass is 9.86. The van der Waals surface area contributed by atoms with E-state index in [0.717, 1.165) is 25.7 Å². The van der Waals surface area contributed by atoms with E-state index in [1.54, 1.807) is 18.2 Å². The molecule has 1 fully saturated rings. The predicted molar refractivity (Wildman–Crippen MR) is 81.5 cm³/mol. The number of aromatic nitrogens is 2. The third kappa shape index (κ3) is 3.96. The van der Waals surface area contributed by atoms with Gasteiger partial charge in [-0.1, -0.05) is 23.7 Å². The molecule has 1 aromatic heterocycles. The Morgan fingerprint density at radius 1 is 1.32 bits per heavy atom. The number of para-hydroxylation sites is 1. The van der Waals surface area contributed by atoms with Crippen LogP contribution in [0, 0.1) is 5.82 Å². The van der Waals surface area contributed by atoms with Crippen molar-refractivity contribution in [2.45, 2.75) is 44.2 Å². The van der Waals surface area contributed by atoms with Crippen LogP contribution in [-0.2, 0) is 6.61 Å². The van der Waals surface area contributed by atoms with Gasteiger partial charge in [0.05, 0.1) is 0 Å². The fourth-order valence-electron chi connectivity index (χ4n) is 2.65. The molecule has 22 heavy (non-hydrogen) atoms. The van der Waals surface area contributed by atoms with Crippen molar-refractivity contribution in [2.24, 2.45) is 5.73 Å². The van der Waals surface area contributed by atoms with Crippen LogP contribution in [0.2, 0.25) is 0 Å². The minimum absolute atomic E-state index is 0. The van der Waals surface area contributed by atoms with E-state index >= 15 is 0 Å². The summed E-state index contributed by atoms with van der Waals surface area (Å²) in [5, 5.41) is 3.89. The van der Waals surface area contributed by atoms with Gasteiger partial charge in [0.15, 0.2) is 18.2 Å². The summed E-state index contributed by atoms with van der Waals surface area (Å²) >= 11 is 0. The topological polar surface area (TPSA) is 74.2 Å². The molecule has 0 saturated heterocycles. The molecule has 0 amide bonds. The van der Waals surface area contributed by atoms with E-state index < -0.39 is 5.82 Å². The molecule has 0 aliphatic heterocycles. The maximum Gasteiger partial charge on any atom is 0.229 e. The lowest BCUT2D eigenvalue weighted by Gasteiger charge is -2.23. The normalized spacial score (nSPS) is 21.2. The molecule has 2 unspecified atom stereocenters. The van der Waals surface area contributed by atoms with E-state index in [2.05, 4.69) is 10.1 Å². The molecule has 2 aromatic rings. The second-order valence-corrected chi connectivity index (χ2v) is 5.39. The quantitative estimate of drug-likeness (QED) is 0.933. The maximum absolute atomic E-state index is 13.4. The summed E-state index contributed by atoms with van der Waals surface area (Å²) in [6.45, 7) is 0.0865. The summed E-state index contributed by atoms with van der Waals surface area (Å²) in [5.41, 5.74) is 5.96. The maximum atomic E-state index is 13.4. The van der Waals surface area contributed by atoms with Crippen molar-refractivity contribution in [2.75, 3.05) is 0 Å². The number of rotatable bonds is 4. The Hall–Kier alpha value is -1.66. The standard InChI is InChI=1S/C15H18FN3O2.ClH/c16-12-6-1-2-7-13(12)20-9-14-18-15(21-19-14)10-4-3-5-11(17)8-10;/h1-2,6-7,10-11H,3-5,8-9,17H2;1H. The van der Waals surface area contributed by atoms with Gasteiger partial charge in [-0.3, -0.25) is 0 Å². The van der Waals surface area contributed by atoms with Gasteiger partial charge in [-0.05, 0) is 31.4 Å². The van der Waals surface area contributed by atoms with Gasteiger partial charge >= 0.3 is 0 Å². The van der Waals surface area contributed by atoms with Crippen LogP contribution >= 0.6 is 12.4 Å². The number of nitrogens with zero attached hydrogens (tertiary/aromatic N) is 2. The Morgan fingerprint density at radius 3 is 2.91 bits per heavy atom. The van der Waals surface area contributed by atoms with Crippen LogP contribution in [0.4, 0.5) is 4.39 Å². The van der Waals surface area contributed by atoms with Crippen LogP contribution in [0.3, 0.4) is 0 Å². The fourth-order valence-corrected chi connectivity index (χ4v) is 2.65. The molecule has 1 aromatic carbocycles. The van der Waals surface area contributed by atoms with Gasteiger partial charge in [0.2, 0.25) is 11.7 Å². The number of halogens is 2. The first kappa shape index (κ1) is 16.7. The molecule has 0 bridgehead atoms. The molecule has 2 N–H and O–H groups in total. The number of hydrogen-bond acceptors (Lipinski definition) is 5. The molecule has 0 radical (unpaired) electrons. The van der Waals surface area contributed by atoms with Crippen molar-refractivity contribution in [1.82, 2.24) is 10.1 Å². The highest BCUT2D eigenvalue weighted by molar-refractivity contribution is 5.85. The minimum Gasteiger partial charge on any atom is -0.482 e.